The number of fused-ring (bicyclic) bond motifs is 8. The monoisotopic (exact) mass is 806 g/mol. The Balaban J connectivity index is 0.00000336. The van der Waals surface area contributed by atoms with Gasteiger partial charge < -0.3 is 23.5 Å². The predicted molar refractivity (Wildman–Crippen MR) is 190 cm³/mol. The molecule has 0 N–H and O–H groups in total. The van der Waals surface area contributed by atoms with Gasteiger partial charge in [0.2, 0.25) is 0 Å². The van der Waals surface area contributed by atoms with E-state index in [0.29, 0.717) is 11.5 Å². The van der Waals surface area contributed by atoms with Gasteiger partial charge in [-0.2, -0.15) is 18.8 Å². The zero-order valence-corrected chi connectivity index (χ0v) is 29.2. The first kappa shape index (κ1) is 30.3. The van der Waals surface area contributed by atoms with Gasteiger partial charge in [-0.3, -0.25) is 0 Å². The van der Waals surface area contributed by atoms with Crippen molar-refractivity contribution in [1.29, 1.82) is 0 Å². The van der Waals surface area contributed by atoms with E-state index in [1.54, 1.807) is 0 Å². The fourth-order valence-corrected chi connectivity index (χ4v) is 6.73. The molecule has 1 aliphatic rings. The quantitative estimate of drug-likeness (QED) is 0.166. The minimum absolute atomic E-state index is 0. The largest absolute Gasteiger partial charge is 0.509 e. The van der Waals surface area contributed by atoms with Gasteiger partial charge in [-0.1, -0.05) is 62.7 Å². The van der Waals surface area contributed by atoms with Crippen molar-refractivity contribution in [3.05, 3.63) is 134 Å². The number of aromatic nitrogens is 2. The maximum absolute atomic E-state index is 6.49. The van der Waals surface area contributed by atoms with Crippen molar-refractivity contribution in [2.45, 2.75) is 26.2 Å². The first-order valence-corrected chi connectivity index (χ1v) is 15.8. The summed E-state index contributed by atoms with van der Waals surface area (Å²) >= 11 is 0. The molecule has 0 unspecified atom stereocenters. The summed E-state index contributed by atoms with van der Waals surface area (Å²) in [4.78, 5) is 9.09. The molecule has 48 heavy (non-hydrogen) atoms. The third kappa shape index (κ3) is 4.78. The molecular weight excluding hydrogens is 776 g/mol. The van der Waals surface area contributed by atoms with Crippen LogP contribution in [0, 0.1) is 18.8 Å². The molecule has 0 radical (unpaired) electrons. The SMILES string of the molecule is CN1[CH-]N(c2[c-]c(Oc3[c-]c4c(cc3)c3ccccc3n4-c3cc(C(C)(C)C)ccn3)ccc2)c2c1ccc1oc3ccccc3c21.[Pt]. The number of hydrogen-bond acceptors (Lipinski definition) is 5. The molecule has 0 amide bonds. The number of pyridine rings is 1. The maximum atomic E-state index is 6.49. The van der Waals surface area contributed by atoms with E-state index in [1.807, 2.05) is 54.7 Å². The minimum atomic E-state index is -0.00609. The Morgan fingerprint density at radius 3 is 2.42 bits per heavy atom. The van der Waals surface area contributed by atoms with Crippen LogP contribution in [0.4, 0.5) is 17.1 Å². The van der Waals surface area contributed by atoms with Crippen molar-refractivity contribution in [2.75, 3.05) is 16.8 Å². The Morgan fingerprint density at radius 2 is 1.56 bits per heavy atom. The standard InChI is InChI=1S/C41H31N4O2.Pt/c1-41(2,3)26-20-21-42-38(22-26)45-33-14-7-5-12-30(33)31-17-16-29(24-35(31)45)46-28-11-9-10-27(23-28)44-25-43(4)34-18-19-37-39(40(34)44)32-13-6-8-15-36(32)47-37;/h5-22,25H,1-4H3;/q-3;. The van der Waals surface area contributed by atoms with E-state index in [1.165, 1.54) is 5.56 Å². The molecule has 4 heterocycles. The molecule has 0 aliphatic carbocycles. The zero-order chi connectivity index (χ0) is 31.9. The second kappa shape index (κ2) is 11.3. The third-order valence-corrected chi connectivity index (χ3v) is 9.03. The summed E-state index contributed by atoms with van der Waals surface area (Å²) in [6, 6.07) is 42.2. The number of hydrogen-bond donors (Lipinski definition) is 0. The van der Waals surface area contributed by atoms with Gasteiger partial charge >= 0.3 is 0 Å². The van der Waals surface area contributed by atoms with Gasteiger partial charge in [0.15, 0.2) is 0 Å². The molecule has 0 saturated carbocycles. The Kier molecular flexibility index (Phi) is 7.12. The van der Waals surface area contributed by atoms with E-state index >= 15 is 0 Å². The summed E-state index contributed by atoms with van der Waals surface area (Å²) in [6.45, 7) is 8.74. The summed E-state index contributed by atoms with van der Waals surface area (Å²) in [7, 11) is 2.06. The van der Waals surface area contributed by atoms with Crippen LogP contribution in [-0.2, 0) is 26.5 Å². The van der Waals surface area contributed by atoms with Crippen molar-refractivity contribution in [1.82, 2.24) is 9.55 Å². The predicted octanol–water partition coefficient (Wildman–Crippen LogP) is 10.5. The number of ether oxygens (including phenoxy) is 1. The van der Waals surface area contributed by atoms with Gasteiger partial charge in [0.05, 0.1) is 5.39 Å². The first-order valence-electron chi connectivity index (χ1n) is 15.8. The summed E-state index contributed by atoms with van der Waals surface area (Å²) in [5, 5.41) is 4.40. The summed E-state index contributed by atoms with van der Waals surface area (Å²) in [5.41, 5.74) is 7.95. The molecule has 8 aromatic rings. The van der Waals surface area contributed by atoms with Crippen molar-refractivity contribution in [2.24, 2.45) is 0 Å². The van der Waals surface area contributed by atoms with Crippen LogP contribution >= 0.6 is 0 Å². The molecule has 0 bridgehead atoms. The topological polar surface area (TPSA) is 46.7 Å². The van der Waals surface area contributed by atoms with Crippen LogP contribution in [-0.4, -0.2) is 16.6 Å². The van der Waals surface area contributed by atoms with Gasteiger partial charge in [0.25, 0.3) is 0 Å². The van der Waals surface area contributed by atoms with Crippen molar-refractivity contribution in [3.8, 4) is 17.3 Å². The number of para-hydroxylation sites is 2. The van der Waals surface area contributed by atoms with Gasteiger partial charge in [-0.15, -0.1) is 41.4 Å². The van der Waals surface area contributed by atoms with Crippen LogP contribution in [0.2, 0.25) is 0 Å². The molecule has 1 aliphatic heterocycles. The Hall–Kier alpha value is -5.06. The van der Waals surface area contributed by atoms with Crippen LogP contribution in [0.1, 0.15) is 26.3 Å². The van der Waals surface area contributed by atoms with Crippen molar-refractivity contribution < 1.29 is 30.2 Å². The average molecular weight is 807 g/mol. The third-order valence-electron chi connectivity index (χ3n) is 9.03. The number of nitrogens with zero attached hydrogens (tertiary/aromatic N) is 4. The van der Waals surface area contributed by atoms with E-state index in [4.69, 9.17) is 14.1 Å². The molecule has 5 aromatic carbocycles. The molecule has 7 heteroatoms. The molecule has 240 valence electrons. The van der Waals surface area contributed by atoms with E-state index in [-0.39, 0.29) is 26.5 Å². The fourth-order valence-electron chi connectivity index (χ4n) is 6.73. The van der Waals surface area contributed by atoms with Crippen LogP contribution < -0.4 is 14.5 Å². The number of rotatable bonds is 4. The van der Waals surface area contributed by atoms with Gasteiger partial charge in [0.1, 0.15) is 17.0 Å². The van der Waals surface area contributed by atoms with E-state index in [9.17, 15) is 0 Å². The summed E-state index contributed by atoms with van der Waals surface area (Å²) < 4.78 is 14.9. The maximum Gasteiger partial charge on any atom is 0.137 e. The minimum Gasteiger partial charge on any atom is -0.509 e. The van der Waals surface area contributed by atoms with E-state index in [2.05, 4.69) is 116 Å². The second-order valence-corrected chi connectivity index (χ2v) is 13.1. The second-order valence-electron chi connectivity index (χ2n) is 13.1. The van der Waals surface area contributed by atoms with Gasteiger partial charge in [-0.25, -0.2) is 4.98 Å². The molecule has 3 aromatic heterocycles. The van der Waals surface area contributed by atoms with E-state index in [0.717, 1.165) is 66.6 Å². The molecule has 0 atom stereocenters. The molecule has 0 saturated heterocycles. The van der Waals surface area contributed by atoms with Crippen LogP contribution in [0.5, 0.6) is 11.5 Å². The van der Waals surface area contributed by atoms with Crippen LogP contribution in [0.15, 0.2) is 114 Å². The van der Waals surface area contributed by atoms with Crippen LogP contribution in [0.25, 0.3) is 49.6 Å². The number of anilines is 3. The molecular formula is C41H31N4O2Pt-3. The first-order chi connectivity index (χ1) is 22.8. The van der Waals surface area contributed by atoms with Gasteiger partial charge in [-0.05, 0) is 59.8 Å². The van der Waals surface area contributed by atoms with E-state index < -0.39 is 0 Å². The van der Waals surface area contributed by atoms with Crippen LogP contribution in [0.3, 0.4) is 0 Å². The molecule has 0 fully saturated rings. The Bertz CT molecular complexity index is 2510. The molecule has 9 rings (SSSR count). The zero-order valence-electron chi connectivity index (χ0n) is 26.9. The van der Waals surface area contributed by atoms with Crippen molar-refractivity contribution >= 4 is 60.8 Å². The average Bonchev–Trinajstić information content (AvgIpc) is 3.73. The normalized spacial score (nSPS) is 13.1. The summed E-state index contributed by atoms with van der Waals surface area (Å²) in [6.07, 6.45) is 1.89. The summed E-state index contributed by atoms with van der Waals surface area (Å²) in [5.74, 6) is 2.06. The smallest absolute Gasteiger partial charge is 0.137 e. The fraction of sp³-hybridized carbons (Fsp3) is 0.122. The van der Waals surface area contributed by atoms with Crippen molar-refractivity contribution in [3.63, 3.8) is 0 Å². The van der Waals surface area contributed by atoms with Gasteiger partial charge in [0, 0.05) is 61.0 Å². The number of benzene rings is 5. The number of furan rings is 1. The molecule has 0 spiro atoms. The Labute approximate surface area is 293 Å². The Morgan fingerprint density at radius 1 is 0.771 bits per heavy atom. The molecule has 6 nitrogen and oxygen atoms in total.